The monoisotopic (exact) mass is 436 g/mol. The topological polar surface area (TPSA) is 75.1 Å². The van der Waals surface area contributed by atoms with E-state index >= 15 is 0 Å². The molecule has 0 N–H and O–H groups in total. The first-order valence-electron chi connectivity index (χ1n) is 9.90. The van der Waals surface area contributed by atoms with Crippen LogP contribution in [0.4, 0.5) is 10.1 Å². The zero-order chi connectivity index (χ0) is 21.3. The molecule has 2 aliphatic heterocycles. The minimum absolute atomic E-state index is 0.125. The van der Waals surface area contributed by atoms with Gasteiger partial charge < -0.3 is 19.1 Å². The number of piperazine rings is 1. The number of halogens is 1. The first-order valence-corrected chi connectivity index (χ1v) is 11.3. The Bertz CT molecular complexity index is 1010. The average molecular weight is 437 g/mol. The van der Waals surface area contributed by atoms with E-state index < -0.39 is 10.0 Å². The molecule has 0 atom stereocenters. The van der Waals surface area contributed by atoms with Crippen molar-refractivity contribution in [2.24, 2.45) is 7.05 Å². The molecule has 0 radical (unpaired) electrons. The molecular weight excluding hydrogens is 411 g/mol. The second-order valence-electron chi connectivity index (χ2n) is 7.44. The number of carbonyl (C=O) groups excluding carboxylic acids is 1. The minimum atomic E-state index is -3.65. The Kier molecular flexibility index (Phi) is 5.81. The number of ether oxygens (including phenoxy) is 1. The maximum absolute atomic E-state index is 13.1. The van der Waals surface area contributed by atoms with E-state index in [0.717, 1.165) is 5.69 Å². The molecular formula is C20H25FN4O4S. The standard InChI is InChI=1S/C20H25FN4O4S/c1-22-15-18(30(27,28)25-10-12-29-13-11-25)14-19(22)20(26)24-8-6-23(7-9-24)17-4-2-16(21)3-5-17/h2-5,14-15H,6-13H2,1H3. The molecule has 8 nitrogen and oxygen atoms in total. The van der Waals surface area contributed by atoms with Crippen LogP contribution in [0.2, 0.25) is 0 Å². The molecule has 1 amide bonds. The van der Waals surface area contributed by atoms with Gasteiger partial charge in [0.05, 0.1) is 13.2 Å². The zero-order valence-electron chi connectivity index (χ0n) is 16.8. The van der Waals surface area contributed by atoms with E-state index in [0.29, 0.717) is 58.2 Å². The first-order chi connectivity index (χ1) is 14.4. The second-order valence-corrected chi connectivity index (χ2v) is 9.38. The van der Waals surface area contributed by atoms with Crippen LogP contribution < -0.4 is 4.90 Å². The molecule has 3 heterocycles. The third-order valence-corrected chi connectivity index (χ3v) is 7.43. The van der Waals surface area contributed by atoms with Crippen LogP contribution in [0, 0.1) is 5.82 Å². The first kappa shape index (κ1) is 20.8. The van der Waals surface area contributed by atoms with Crippen molar-refractivity contribution >= 4 is 21.6 Å². The van der Waals surface area contributed by atoms with Crippen molar-refractivity contribution in [2.45, 2.75) is 4.90 Å². The van der Waals surface area contributed by atoms with Crippen molar-refractivity contribution in [3.63, 3.8) is 0 Å². The number of anilines is 1. The summed E-state index contributed by atoms with van der Waals surface area (Å²) in [5, 5.41) is 0. The molecule has 2 aromatic rings. The van der Waals surface area contributed by atoms with E-state index in [1.54, 1.807) is 28.6 Å². The number of hydrogen-bond acceptors (Lipinski definition) is 5. The van der Waals surface area contributed by atoms with Gasteiger partial charge in [-0.15, -0.1) is 0 Å². The predicted molar refractivity (Wildman–Crippen MR) is 110 cm³/mol. The molecule has 0 saturated carbocycles. The highest BCUT2D eigenvalue weighted by atomic mass is 32.2. The molecule has 2 fully saturated rings. The highest BCUT2D eigenvalue weighted by molar-refractivity contribution is 7.89. The van der Waals surface area contributed by atoms with E-state index in [1.807, 2.05) is 0 Å². The fourth-order valence-electron chi connectivity index (χ4n) is 3.81. The summed E-state index contributed by atoms with van der Waals surface area (Å²) in [4.78, 5) is 17.0. The number of rotatable bonds is 4. The fourth-order valence-corrected chi connectivity index (χ4v) is 5.29. The van der Waals surface area contributed by atoms with Gasteiger partial charge in [0.25, 0.3) is 5.91 Å². The van der Waals surface area contributed by atoms with Crippen molar-refractivity contribution < 1.29 is 22.3 Å². The van der Waals surface area contributed by atoms with Gasteiger partial charge >= 0.3 is 0 Å². The van der Waals surface area contributed by atoms with Crippen molar-refractivity contribution in [2.75, 3.05) is 57.4 Å². The molecule has 0 unspecified atom stereocenters. The number of benzene rings is 1. The summed E-state index contributed by atoms with van der Waals surface area (Å²) in [7, 11) is -1.97. The number of carbonyl (C=O) groups is 1. The molecule has 1 aromatic heterocycles. The molecule has 4 rings (SSSR count). The molecule has 0 bridgehead atoms. The van der Waals surface area contributed by atoms with Gasteiger partial charge in [0, 0.05) is 58.2 Å². The van der Waals surface area contributed by atoms with Crippen LogP contribution in [0.15, 0.2) is 41.4 Å². The Morgan fingerprint density at radius 1 is 1.00 bits per heavy atom. The van der Waals surface area contributed by atoms with E-state index in [4.69, 9.17) is 4.74 Å². The molecule has 1 aromatic carbocycles. The number of aryl methyl sites for hydroxylation is 1. The lowest BCUT2D eigenvalue weighted by Crippen LogP contribution is -2.49. The zero-order valence-corrected chi connectivity index (χ0v) is 17.6. The van der Waals surface area contributed by atoms with E-state index in [9.17, 15) is 17.6 Å². The van der Waals surface area contributed by atoms with Crippen molar-refractivity contribution in [3.05, 3.63) is 48.0 Å². The molecule has 0 aliphatic carbocycles. The number of sulfonamides is 1. The number of hydrogen-bond donors (Lipinski definition) is 0. The lowest BCUT2D eigenvalue weighted by atomic mass is 10.2. The summed E-state index contributed by atoms with van der Waals surface area (Å²) in [5.41, 5.74) is 1.26. The summed E-state index contributed by atoms with van der Waals surface area (Å²) in [6.07, 6.45) is 1.49. The molecule has 10 heteroatoms. The Morgan fingerprint density at radius 3 is 2.27 bits per heavy atom. The summed E-state index contributed by atoms with van der Waals surface area (Å²) in [5.74, 6) is -0.473. The van der Waals surface area contributed by atoms with Gasteiger partial charge in [-0.2, -0.15) is 4.31 Å². The molecule has 162 valence electrons. The lowest BCUT2D eigenvalue weighted by Gasteiger charge is -2.36. The highest BCUT2D eigenvalue weighted by Crippen LogP contribution is 2.22. The summed E-state index contributed by atoms with van der Waals surface area (Å²) >= 11 is 0. The van der Waals surface area contributed by atoms with Crippen LogP contribution in [0.3, 0.4) is 0 Å². The molecule has 0 spiro atoms. The van der Waals surface area contributed by atoms with Crippen LogP contribution in [-0.2, 0) is 21.8 Å². The third kappa shape index (κ3) is 4.07. The van der Waals surface area contributed by atoms with Crippen LogP contribution in [0.5, 0.6) is 0 Å². The van der Waals surface area contributed by atoms with Crippen LogP contribution >= 0.6 is 0 Å². The van der Waals surface area contributed by atoms with E-state index in [-0.39, 0.29) is 16.6 Å². The van der Waals surface area contributed by atoms with Gasteiger partial charge in [-0.25, -0.2) is 12.8 Å². The van der Waals surface area contributed by atoms with Crippen molar-refractivity contribution in [3.8, 4) is 0 Å². The van der Waals surface area contributed by atoms with E-state index in [1.165, 1.54) is 28.7 Å². The highest BCUT2D eigenvalue weighted by Gasteiger charge is 2.30. The quantitative estimate of drug-likeness (QED) is 0.719. The SMILES string of the molecule is Cn1cc(S(=O)(=O)N2CCOCC2)cc1C(=O)N1CCN(c2ccc(F)cc2)CC1. The smallest absolute Gasteiger partial charge is 0.270 e. The van der Waals surface area contributed by atoms with Gasteiger partial charge in [-0.05, 0) is 30.3 Å². The van der Waals surface area contributed by atoms with Crippen molar-refractivity contribution in [1.29, 1.82) is 0 Å². The Morgan fingerprint density at radius 2 is 1.63 bits per heavy atom. The average Bonchev–Trinajstić information content (AvgIpc) is 3.17. The van der Waals surface area contributed by atoms with Gasteiger partial charge in [0.15, 0.2) is 0 Å². The largest absolute Gasteiger partial charge is 0.379 e. The van der Waals surface area contributed by atoms with Gasteiger partial charge in [0.2, 0.25) is 10.0 Å². The normalized spacial score (nSPS) is 18.6. The fraction of sp³-hybridized carbons (Fsp3) is 0.450. The molecule has 2 aliphatic rings. The van der Waals surface area contributed by atoms with Crippen LogP contribution in [0.1, 0.15) is 10.5 Å². The Hall–Kier alpha value is -2.43. The maximum atomic E-state index is 13.1. The Labute approximate surface area is 175 Å². The van der Waals surface area contributed by atoms with E-state index in [2.05, 4.69) is 4.90 Å². The van der Waals surface area contributed by atoms with Gasteiger partial charge in [-0.3, -0.25) is 4.79 Å². The third-order valence-electron chi connectivity index (χ3n) is 5.57. The van der Waals surface area contributed by atoms with Gasteiger partial charge in [-0.1, -0.05) is 0 Å². The minimum Gasteiger partial charge on any atom is -0.379 e. The molecule has 2 saturated heterocycles. The number of amides is 1. The van der Waals surface area contributed by atoms with Crippen LogP contribution in [0.25, 0.3) is 0 Å². The Balaban J connectivity index is 1.45. The summed E-state index contributed by atoms with van der Waals surface area (Å²) < 4.78 is 47.1. The second kappa shape index (κ2) is 8.37. The molecule has 30 heavy (non-hydrogen) atoms. The van der Waals surface area contributed by atoms with Crippen LogP contribution in [-0.4, -0.2) is 80.6 Å². The number of morpholine rings is 1. The van der Waals surface area contributed by atoms with Crippen molar-refractivity contribution in [1.82, 2.24) is 13.8 Å². The predicted octanol–water partition coefficient (Wildman–Crippen LogP) is 1.15. The van der Waals surface area contributed by atoms with Gasteiger partial charge in [0.1, 0.15) is 16.4 Å². The maximum Gasteiger partial charge on any atom is 0.270 e. The number of nitrogens with zero attached hydrogens (tertiary/aromatic N) is 4. The summed E-state index contributed by atoms with van der Waals surface area (Å²) in [6.45, 7) is 3.63. The summed E-state index contributed by atoms with van der Waals surface area (Å²) in [6, 6.07) is 7.76. The lowest BCUT2D eigenvalue weighted by molar-refractivity contribution is 0.0729. The number of aromatic nitrogens is 1.